The van der Waals surface area contributed by atoms with Crippen molar-refractivity contribution in [2.45, 2.75) is 51.3 Å². The molecule has 1 unspecified atom stereocenters. The van der Waals surface area contributed by atoms with Crippen LogP contribution < -0.4 is 10.5 Å². The predicted molar refractivity (Wildman–Crippen MR) is 87.4 cm³/mol. The topological polar surface area (TPSA) is 69.4 Å². The molecule has 0 saturated heterocycles. The Morgan fingerprint density at radius 3 is 2.24 bits per heavy atom. The monoisotopic (exact) mass is 313 g/mol. The first-order chi connectivity index (χ1) is 9.62. The molecule has 0 spiro atoms. The number of aryl methyl sites for hydroxylation is 1. The van der Waals surface area contributed by atoms with E-state index in [1.54, 1.807) is 20.8 Å². The van der Waals surface area contributed by atoms with E-state index in [0.29, 0.717) is 5.75 Å². The standard InChI is InChI=1S/C16H27NO3S/c1-13(17)5-6-14-7-9-15(10-8-14)20-11-12-21(18,19)16(2,3)4/h7-10,13H,5-6,11-12,17H2,1-4H3. The van der Waals surface area contributed by atoms with Crippen molar-refractivity contribution in [2.24, 2.45) is 5.73 Å². The summed E-state index contributed by atoms with van der Waals surface area (Å²) in [4.78, 5) is 0. The van der Waals surface area contributed by atoms with Crippen molar-refractivity contribution in [3.05, 3.63) is 29.8 Å². The van der Waals surface area contributed by atoms with Crippen molar-refractivity contribution in [1.82, 2.24) is 0 Å². The van der Waals surface area contributed by atoms with E-state index < -0.39 is 14.6 Å². The molecule has 120 valence electrons. The average Bonchev–Trinajstić information content (AvgIpc) is 2.36. The zero-order valence-electron chi connectivity index (χ0n) is 13.4. The zero-order chi connectivity index (χ0) is 16.1. The lowest BCUT2D eigenvalue weighted by Gasteiger charge is -2.19. The molecule has 0 amide bonds. The fourth-order valence-corrected chi connectivity index (χ4v) is 2.64. The molecule has 0 aliphatic rings. The highest BCUT2D eigenvalue weighted by Crippen LogP contribution is 2.17. The van der Waals surface area contributed by atoms with Crippen molar-refractivity contribution in [3.8, 4) is 5.75 Å². The summed E-state index contributed by atoms with van der Waals surface area (Å²) in [6.45, 7) is 7.28. The Morgan fingerprint density at radius 2 is 1.76 bits per heavy atom. The highest BCUT2D eigenvalue weighted by atomic mass is 32.2. The van der Waals surface area contributed by atoms with Crippen molar-refractivity contribution in [2.75, 3.05) is 12.4 Å². The number of nitrogens with two attached hydrogens (primary N) is 1. The number of hydrogen-bond acceptors (Lipinski definition) is 4. The van der Waals surface area contributed by atoms with Gasteiger partial charge in [0.05, 0.1) is 10.5 Å². The molecule has 0 radical (unpaired) electrons. The van der Waals surface area contributed by atoms with Gasteiger partial charge >= 0.3 is 0 Å². The molecule has 1 atom stereocenters. The first-order valence-electron chi connectivity index (χ1n) is 7.31. The largest absolute Gasteiger partial charge is 0.493 e. The van der Waals surface area contributed by atoms with Crippen LogP contribution in [0, 0.1) is 0 Å². The Kier molecular flexibility index (Phi) is 6.23. The molecular weight excluding hydrogens is 286 g/mol. The lowest BCUT2D eigenvalue weighted by Crippen LogP contribution is -2.32. The molecule has 21 heavy (non-hydrogen) atoms. The van der Waals surface area contributed by atoms with Crippen LogP contribution in [0.4, 0.5) is 0 Å². The van der Waals surface area contributed by atoms with E-state index in [-0.39, 0.29) is 18.4 Å². The Bertz CT molecular complexity index is 528. The van der Waals surface area contributed by atoms with Crippen LogP contribution in [0.2, 0.25) is 0 Å². The molecule has 2 N–H and O–H groups in total. The highest BCUT2D eigenvalue weighted by molar-refractivity contribution is 7.92. The number of rotatable bonds is 7. The van der Waals surface area contributed by atoms with E-state index in [2.05, 4.69) is 0 Å². The maximum absolute atomic E-state index is 12.0. The third kappa shape index (κ3) is 6.06. The van der Waals surface area contributed by atoms with Gasteiger partial charge in [0.2, 0.25) is 0 Å². The van der Waals surface area contributed by atoms with Crippen molar-refractivity contribution in [3.63, 3.8) is 0 Å². The lowest BCUT2D eigenvalue weighted by atomic mass is 10.1. The molecule has 0 heterocycles. The Hall–Kier alpha value is -1.07. The number of ether oxygens (including phenoxy) is 1. The van der Waals surface area contributed by atoms with Crippen LogP contribution in [0.3, 0.4) is 0 Å². The summed E-state index contributed by atoms with van der Waals surface area (Å²) >= 11 is 0. The molecule has 0 aromatic heterocycles. The first-order valence-corrected chi connectivity index (χ1v) is 8.97. The molecule has 4 nitrogen and oxygen atoms in total. The van der Waals surface area contributed by atoms with Gasteiger partial charge in [-0.05, 0) is 58.2 Å². The minimum Gasteiger partial charge on any atom is -0.493 e. The predicted octanol–water partition coefficient (Wildman–Crippen LogP) is 2.56. The van der Waals surface area contributed by atoms with Gasteiger partial charge in [0.25, 0.3) is 0 Å². The molecule has 0 saturated carbocycles. The van der Waals surface area contributed by atoms with Crippen LogP contribution in [0.15, 0.2) is 24.3 Å². The summed E-state index contributed by atoms with van der Waals surface area (Å²) in [7, 11) is -3.13. The van der Waals surface area contributed by atoms with E-state index >= 15 is 0 Å². The first kappa shape index (κ1) is 18.0. The summed E-state index contributed by atoms with van der Waals surface area (Å²) < 4.78 is 28.7. The van der Waals surface area contributed by atoms with Gasteiger partial charge in [-0.15, -0.1) is 0 Å². The number of hydrogen-bond donors (Lipinski definition) is 1. The quantitative estimate of drug-likeness (QED) is 0.840. The van der Waals surface area contributed by atoms with Gasteiger partial charge in [-0.2, -0.15) is 0 Å². The average molecular weight is 313 g/mol. The van der Waals surface area contributed by atoms with Crippen molar-refractivity contribution < 1.29 is 13.2 Å². The van der Waals surface area contributed by atoms with Crippen LogP contribution in [0.5, 0.6) is 5.75 Å². The maximum Gasteiger partial charge on any atom is 0.158 e. The second-order valence-electron chi connectivity index (χ2n) is 6.44. The van der Waals surface area contributed by atoms with Gasteiger partial charge in [0, 0.05) is 6.04 Å². The molecule has 0 bridgehead atoms. The molecule has 1 aromatic carbocycles. The molecular formula is C16H27NO3S. The second kappa shape index (κ2) is 7.27. The summed E-state index contributed by atoms with van der Waals surface area (Å²) in [6, 6.07) is 7.94. The van der Waals surface area contributed by atoms with Gasteiger partial charge in [-0.25, -0.2) is 8.42 Å². The minimum atomic E-state index is -3.13. The Balaban J connectivity index is 2.47. The third-order valence-electron chi connectivity index (χ3n) is 3.37. The smallest absolute Gasteiger partial charge is 0.158 e. The number of benzene rings is 1. The van der Waals surface area contributed by atoms with Crippen LogP contribution in [-0.4, -0.2) is 31.6 Å². The fourth-order valence-electron chi connectivity index (χ4n) is 1.72. The summed E-state index contributed by atoms with van der Waals surface area (Å²) in [5.41, 5.74) is 6.94. The molecule has 1 rings (SSSR count). The van der Waals surface area contributed by atoms with Crippen LogP contribution in [-0.2, 0) is 16.3 Å². The molecule has 5 heteroatoms. The second-order valence-corrected chi connectivity index (χ2v) is 9.30. The van der Waals surface area contributed by atoms with Crippen LogP contribution in [0.25, 0.3) is 0 Å². The van der Waals surface area contributed by atoms with Crippen molar-refractivity contribution in [1.29, 1.82) is 0 Å². The van der Waals surface area contributed by atoms with Gasteiger partial charge in [-0.3, -0.25) is 0 Å². The normalized spacial score (nSPS) is 14.0. The van der Waals surface area contributed by atoms with Crippen LogP contribution in [0.1, 0.15) is 39.7 Å². The van der Waals surface area contributed by atoms with Gasteiger partial charge in [0.15, 0.2) is 9.84 Å². The van der Waals surface area contributed by atoms with E-state index in [9.17, 15) is 8.42 Å². The van der Waals surface area contributed by atoms with Crippen molar-refractivity contribution >= 4 is 9.84 Å². The summed E-state index contributed by atoms with van der Waals surface area (Å²) in [5.74, 6) is 0.729. The van der Waals surface area contributed by atoms with E-state index in [0.717, 1.165) is 12.8 Å². The van der Waals surface area contributed by atoms with E-state index in [4.69, 9.17) is 10.5 Å². The third-order valence-corrected chi connectivity index (χ3v) is 5.94. The molecule has 1 aromatic rings. The van der Waals surface area contributed by atoms with E-state index in [1.165, 1.54) is 5.56 Å². The summed E-state index contributed by atoms with van der Waals surface area (Å²) in [6.07, 6.45) is 1.89. The van der Waals surface area contributed by atoms with Gasteiger partial charge in [0.1, 0.15) is 12.4 Å². The molecule has 0 fully saturated rings. The molecule has 0 aliphatic heterocycles. The summed E-state index contributed by atoms with van der Waals surface area (Å²) in [5, 5.41) is 0. The van der Waals surface area contributed by atoms with E-state index in [1.807, 2.05) is 31.2 Å². The minimum absolute atomic E-state index is 0.0307. The van der Waals surface area contributed by atoms with Gasteiger partial charge in [-0.1, -0.05) is 12.1 Å². The number of sulfone groups is 1. The molecule has 0 aliphatic carbocycles. The SMILES string of the molecule is CC(N)CCc1ccc(OCCS(=O)(=O)C(C)(C)C)cc1. The zero-order valence-corrected chi connectivity index (χ0v) is 14.2. The Labute approximate surface area is 128 Å². The maximum atomic E-state index is 12.0. The lowest BCUT2D eigenvalue weighted by molar-refractivity contribution is 0.339. The Morgan fingerprint density at radius 1 is 1.19 bits per heavy atom. The van der Waals surface area contributed by atoms with Crippen LogP contribution >= 0.6 is 0 Å². The highest BCUT2D eigenvalue weighted by Gasteiger charge is 2.28. The van der Waals surface area contributed by atoms with Gasteiger partial charge < -0.3 is 10.5 Å². The fraction of sp³-hybridized carbons (Fsp3) is 0.625.